The van der Waals surface area contributed by atoms with Gasteiger partial charge >= 0.3 is 5.97 Å². The molecule has 0 spiro atoms. The second-order valence-electron chi connectivity index (χ2n) is 13.0. The predicted octanol–water partition coefficient (Wildman–Crippen LogP) is 0.197. The summed E-state index contributed by atoms with van der Waals surface area (Å²) in [5.74, 6) is -1.70. The summed E-state index contributed by atoms with van der Waals surface area (Å²) in [6, 6.07) is 12.5. The van der Waals surface area contributed by atoms with Crippen LogP contribution in [0.3, 0.4) is 0 Å². The first-order valence-electron chi connectivity index (χ1n) is 17.1. The number of carbonyl (C=O) groups excluding carboxylic acids is 1. The summed E-state index contributed by atoms with van der Waals surface area (Å²) >= 11 is 0. The number of hydrogen-bond donors (Lipinski definition) is 9. The van der Waals surface area contributed by atoms with Crippen molar-refractivity contribution >= 4 is 23.0 Å². The standard InChI is InChI=1S/C38H40O18/c1-50-22-11-16(3-9-19(22)41)4-10-27(43)52-15-26-31(45)33(47)35(49)38(55-26)56-37-34(48)30(44)25(14-39)54-36(37)29-23(51-2)13-24-28(32(29)46)20(42)12-21(53-24)17-5-7-18(40)8-6-17/h3-13,25-26,30-31,33-41,44-49H,14-15H2,1-2H3/b10-4+/t25-,26-,30-,31-,33+,34+,35-,36+,37-,38+/m0/s1. The molecule has 0 radical (unpaired) electrons. The molecule has 56 heavy (non-hydrogen) atoms. The van der Waals surface area contributed by atoms with Crippen LogP contribution in [-0.2, 0) is 23.7 Å². The molecule has 2 aliphatic heterocycles. The van der Waals surface area contributed by atoms with Gasteiger partial charge < -0.3 is 78.8 Å². The molecule has 18 nitrogen and oxygen atoms in total. The second kappa shape index (κ2) is 16.8. The average molecular weight is 785 g/mol. The minimum atomic E-state index is -2.00. The highest BCUT2D eigenvalue weighted by Gasteiger charge is 2.52. The number of aliphatic hydroxyl groups excluding tert-OH is 6. The number of methoxy groups -OCH3 is 2. The van der Waals surface area contributed by atoms with Crippen molar-refractivity contribution in [3.05, 3.63) is 82.0 Å². The van der Waals surface area contributed by atoms with E-state index in [4.69, 9.17) is 32.8 Å². The number of phenolic OH excluding ortho intramolecular Hbond substituents is 3. The first-order chi connectivity index (χ1) is 26.8. The highest BCUT2D eigenvalue weighted by Crippen LogP contribution is 2.46. The third-order valence-corrected chi connectivity index (χ3v) is 9.48. The Kier molecular flexibility index (Phi) is 12.1. The SMILES string of the molecule is COc1cc(/C=C/C(=O)OC[C@@H]2O[C@H](O[C@H]3[C@H](O)[C@@H](O)[C@H](CO)O[C@@H]3c3c(OC)cc4oc(-c5ccc(O)cc5)cc(=O)c4c3O)[C@@H](O)[C@H](O)[C@H]2O)ccc1O. The van der Waals surface area contributed by atoms with Gasteiger partial charge in [-0.15, -0.1) is 0 Å². The van der Waals surface area contributed by atoms with Gasteiger partial charge in [0.1, 0.15) is 95.5 Å². The van der Waals surface area contributed by atoms with Gasteiger partial charge in [-0.25, -0.2) is 4.79 Å². The molecule has 0 unspecified atom stereocenters. The lowest BCUT2D eigenvalue weighted by Crippen LogP contribution is -2.63. The van der Waals surface area contributed by atoms with Gasteiger partial charge in [0, 0.05) is 23.8 Å². The van der Waals surface area contributed by atoms with E-state index in [-0.39, 0.29) is 45.3 Å². The molecule has 3 aromatic carbocycles. The summed E-state index contributed by atoms with van der Waals surface area (Å²) in [6.07, 6.45) is -15.5. The molecular weight excluding hydrogens is 744 g/mol. The third kappa shape index (κ3) is 8.01. The van der Waals surface area contributed by atoms with Crippen molar-refractivity contribution in [1.29, 1.82) is 0 Å². The minimum absolute atomic E-state index is 0.0214. The molecule has 2 aliphatic rings. The lowest BCUT2D eigenvalue weighted by Gasteiger charge is -2.46. The molecular formula is C38H40O18. The fourth-order valence-corrected chi connectivity index (χ4v) is 6.48. The maximum atomic E-state index is 13.5. The molecule has 4 aromatic rings. The van der Waals surface area contributed by atoms with Crippen LogP contribution in [0.15, 0.2) is 69.9 Å². The first-order valence-corrected chi connectivity index (χ1v) is 17.1. The fraction of sp³-hybridized carbons (Fsp3) is 0.368. The normalized spacial score (nSPS) is 28.0. The van der Waals surface area contributed by atoms with Crippen LogP contribution in [0.2, 0.25) is 0 Å². The Morgan fingerprint density at radius 2 is 1.50 bits per heavy atom. The van der Waals surface area contributed by atoms with Gasteiger partial charge in [0.25, 0.3) is 0 Å². The van der Waals surface area contributed by atoms with Gasteiger partial charge in [-0.3, -0.25) is 4.79 Å². The number of ether oxygens (including phenoxy) is 6. The number of esters is 1. The minimum Gasteiger partial charge on any atom is -0.508 e. The van der Waals surface area contributed by atoms with Gasteiger partial charge in [0.15, 0.2) is 23.2 Å². The fourth-order valence-electron chi connectivity index (χ4n) is 6.48. The van der Waals surface area contributed by atoms with Gasteiger partial charge in [-0.1, -0.05) is 6.07 Å². The number of carbonyl (C=O) groups is 1. The Hall–Kier alpha value is -5.28. The van der Waals surface area contributed by atoms with Crippen LogP contribution < -0.4 is 14.9 Å². The average Bonchev–Trinajstić information content (AvgIpc) is 3.19. The number of aliphatic hydroxyl groups is 6. The van der Waals surface area contributed by atoms with Crippen molar-refractivity contribution in [3.63, 3.8) is 0 Å². The van der Waals surface area contributed by atoms with Gasteiger partial charge in [-0.05, 0) is 48.0 Å². The molecule has 3 heterocycles. The van der Waals surface area contributed by atoms with Gasteiger partial charge in [0.2, 0.25) is 0 Å². The maximum absolute atomic E-state index is 13.5. The lowest BCUT2D eigenvalue weighted by atomic mass is 9.89. The molecule has 0 amide bonds. The van der Waals surface area contributed by atoms with Crippen LogP contribution in [0.5, 0.6) is 28.7 Å². The number of benzene rings is 3. The summed E-state index contributed by atoms with van der Waals surface area (Å²) in [5.41, 5.74) is -0.256. The molecule has 2 saturated heterocycles. The molecule has 6 rings (SSSR count). The molecule has 0 bridgehead atoms. The number of rotatable bonds is 11. The Bertz CT molecular complexity index is 2110. The second-order valence-corrected chi connectivity index (χ2v) is 13.0. The molecule has 0 saturated carbocycles. The van der Waals surface area contributed by atoms with E-state index < -0.39 is 91.6 Å². The largest absolute Gasteiger partial charge is 0.508 e. The van der Waals surface area contributed by atoms with E-state index in [9.17, 15) is 55.5 Å². The van der Waals surface area contributed by atoms with Gasteiger partial charge in [0.05, 0.1) is 26.4 Å². The Morgan fingerprint density at radius 3 is 2.18 bits per heavy atom. The van der Waals surface area contributed by atoms with Crippen molar-refractivity contribution in [2.45, 2.75) is 61.2 Å². The zero-order valence-corrected chi connectivity index (χ0v) is 29.7. The summed E-state index contributed by atoms with van der Waals surface area (Å²) in [7, 11) is 2.57. The maximum Gasteiger partial charge on any atom is 0.330 e. The predicted molar refractivity (Wildman–Crippen MR) is 191 cm³/mol. The van der Waals surface area contributed by atoms with Crippen molar-refractivity contribution in [3.8, 4) is 40.1 Å². The highest BCUT2D eigenvalue weighted by molar-refractivity contribution is 5.88. The first kappa shape index (κ1) is 40.4. The zero-order valence-electron chi connectivity index (χ0n) is 29.7. The van der Waals surface area contributed by atoms with E-state index in [2.05, 4.69) is 0 Å². The smallest absolute Gasteiger partial charge is 0.330 e. The Labute approximate surface area is 317 Å². The molecule has 10 atom stereocenters. The number of aromatic hydroxyl groups is 3. The summed E-state index contributed by atoms with van der Waals surface area (Å²) in [5, 5.41) is 95.2. The van der Waals surface area contributed by atoms with Crippen molar-refractivity contribution < 1.29 is 83.6 Å². The quantitative estimate of drug-likeness (QED) is 0.0725. The van der Waals surface area contributed by atoms with E-state index in [1.165, 1.54) is 68.8 Å². The van der Waals surface area contributed by atoms with Crippen molar-refractivity contribution in [2.24, 2.45) is 0 Å². The summed E-state index contributed by atoms with van der Waals surface area (Å²) in [4.78, 5) is 26.0. The topological polar surface area (TPSA) is 285 Å². The van der Waals surface area contributed by atoms with Crippen LogP contribution >= 0.6 is 0 Å². The number of phenols is 3. The summed E-state index contributed by atoms with van der Waals surface area (Å²) < 4.78 is 39.2. The van der Waals surface area contributed by atoms with E-state index in [1.54, 1.807) is 0 Å². The molecule has 18 heteroatoms. The Balaban J connectivity index is 1.28. The van der Waals surface area contributed by atoms with Crippen LogP contribution in [0.1, 0.15) is 17.2 Å². The van der Waals surface area contributed by atoms with Crippen molar-refractivity contribution in [1.82, 2.24) is 0 Å². The van der Waals surface area contributed by atoms with Gasteiger partial charge in [-0.2, -0.15) is 0 Å². The molecule has 9 N–H and O–H groups in total. The molecule has 300 valence electrons. The lowest BCUT2D eigenvalue weighted by molar-refractivity contribution is -0.342. The zero-order chi connectivity index (χ0) is 40.4. The van der Waals surface area contributed by atoms with E-state index in [0.717, 1.165) is 12.1 Å². The molecule has 0 aliphatic carbocycles. The van der Waals surface area contributed by atoms with Crippen LogP contribution in [0.4, 0.5) is 0 Å². The molecule has 1 aromatic heterocycles. The highest BCUT2D eigenvalue weighted by atomic mass is 16.7. The number of fused-ring (bicyclic) bond motifs is 1. The van der Waals surface area contributed by atoms with Crippen molar-refractivity contribution in [2.75, 3.05) is 27.4 Å². The van der Waals surface area contributed by atoms with Crippen LogP contribution in [-0.4, -0.2) is 134 Å². The van der Waals surface area contributed by atoms with E-state index in [1.807, 2.05) is 0 Å². The van der Waals surface area contributed by atoms with E-state index in [0.29, 0.717) is 11.1 Å². The monoisotopic (exact) mass is 784 g/mol. The van der Waals surface area contributed by atoms with Crippen LogP contribution in [0, 0.1) is 0 Å². The van der Waals surface area contributed by atoms with Crippen LogP contribution in [0.25, 0.3) is 28.4 Å². The summed E-state index contributed by atoms with van der Waals surface area (Å²) in [6.45, 7) is -1.50. The number of hydrogen-bond acceptors (Lipinski definition) is 18. The van der Waals surface area contributed by atoms with E-state index >= 15 is 0 Å². The third-order valence-electron chi connectivity index (χ3n) is 9.48. The molecule has 2 fully saturated rings. The Morgan fingerprint density at radius 1 is 0.804 bits per heavy atom.